The van der Waals surface area contributed by atoms with E-state index < -0.39 is 43.3 Å². The van der Waals surface area contributed by atoms with E-state index in [9.17, 15) is 30.1 Å². The van der Waals surface area contributed by atoms with Gasteiger partial charge in [0, 0.05) is 12.4 Å². The average Bonchev–Trinajstić information content (AvgIpc) is 2.58. The van der Waals surface area contributed by atoms with Crippen LogP contribution in [0.4, 0.5) is 4.79 Å². The lowest BCUT2D eigenvalue weighted by Gasteiger charge is -2.45. The number of hydrogen-bond acceptors (Lipinski definition) is 8. The molecule has 4 N–H and O–H groups in total. The standard InChI is InChI=1S/C14H26ClN3O7/c1-8(2)3-5-17(14(23)18(16-24)6-4-15)13-12(22)11(21)10(20)9(7-19)25-13/h8-13,19-22H,3-7H2,1-2H3/t9-,10+,11+,12-,13-/m1/s1. The van der Waals surface area contributed by atoms with E-state index in [-0.39, 0.29) is 24.9 Å². The van der Waals surface area contributed by atoms with Gasteiger partial charge >= 0.3 is 6.03 Å². The predicted molar refractivity (Wildman–Crippen MR) is 88.5 cm³/mol. The second-order valence-electron chi connectivity index (χ2n) is 6.27. The van der Waals surface area contributed by atoms with E-state index in [1.807, 2.05) is 13.8 Å². The van der Waals surface area contributed by atoms with Gasteiger partial charge in [-0.15, -0.1) is 16.5 Å². The van der Waals surface area contributed by atoms with E-state index in [0.717, 1.165) is 4.90 Å². The molecule has 0 unspecified atom stereocenters. The zero-order valence-electron chi connectivity index (χ0n) is 14.2. The van der Waals surface area contributed by atoms with E-state index in [1.165, 1.54) is 0 Å². The van der Waals surface area contributed by atoms with Crippen molar-refractivity contribution in [1.29, 1.82) is 0 Å². The van der Waals surface area contributed by atoms with Crippen LogP contribution in [0, 0.1) is 10.8 Å². The zero-order valence-corrected chi connectivity index (χ0v) is 15.0. The van der Waals surface area contributed by atoms with Gasteiger partial charge in [0.2, 0.25) is 0 Å². The molecule has 0 aromatic rings. The fourth-order valence-corrected chi connectivity index (χ4v) is 2.63. The largest absolute Gasteiger partial charge is 0.394 e. The maximum atomic E-state index is 12.6. The lowest BCUT2D eigenvalue weighted by molar-refractivity contribution is -0.258. The molecule has 1 aliphatic rings. The van der Waals surface area contributed by atoms with E-state index >= 15 is 0 Å². The number of rotatable bonds is 8. The molecule has 1 saturated heterocycles. The summed E-state index contributed by atoms with van der Waals surface area (Å²) in [5, 5.41) is 42.5. The van der Waals surface area contributed by atoms with Crippen molar-refractivity contribution >= 4 is 17.6 Å². The molecule has 1 aliphatic heterocycles. The number of aliphatic hydroxyl groups excluding tert-OH is 4. The van der Waals surface area contributed by atoms with Crippen LogP contribution in [0.2, 0.25) is 0 Å². The number of nitroso groups, excluding NO2 is 1. The summed E-state index contributed by atoms with van der Waals surface area (Å²) in [5.41, 5.74) is 0. The number of halogens is 1. The summed E-state index contributed by atoms with van der Waals surface area (Å²) in [6, 6.07) is -0.847. The second kappa shape index (κ2) is 10.2. The average molecular weight is 384 g/mol. The molecule has 1 rings (SSSR count). The molecule has 11 heteroatoms. The Labute approximate surface area is 150 Å². The molecule has 0 aliphatic carbocycles. The Balaban J connectivity index is 3.07. The molecule has 0 aromatic heterocycles. The lowest BCUT2D eigenvalue weighted by Crippen LogP contribution is -2.65. The minimum absolute atomic E-state index is 0.0236. The van der Waals surface area contributed by atoms with Crippen molar-refractivity contribution in [3.63, 3.8) is 0 Å². The fourth-order valence-electron chi connectivity index (χ4n) is 2.47. The Morgan fingerprint density at radius 2 is 1.84 bits per heavy atom. The molecular weight excluding hydrogens is 358 g/mol. The number of carbonyl (C=O) groups excluding carboxylic acids is 1. The van der Waals surface area contributed by atoms with Crippen LogP contribution in [0.15, 0.2) is 5.29 Å². The minimum atomic E-state index is -1.63. The highest BCUT2D eigenvalue weighted by molar-refractivity contribution is 6.18. The molecule has 0 aromatic carbocycles. The van der Waals surface area contributed by atoms with Gasteiger partial charge in [-0.1, -0.05) is 13.8 Å². The number of aliphatic hydroxyl groups is 4. The number of amides is 2. The summed E-state index contributed by atoms with van der Waals surface area (Å²) in [5.74, 6) is 0.176. The quantitative estimate of drug-likeness (QED) is 0.251. The Bertz CT molecular complexity index is 441. The normalized spacial score (nSPS) is 29.5. The molecule has 5 atom stereocenters. The van der Waals surface area contributed by atoms with Gasteiger partial charge in [-0.3, -0.25) is 4.90 Å². The third-order valence-corrected chi connectivity index (χ3v) is 4.15. The molecule has 0 bridgehead atoms. The molecule has 1 heterocycles. The molecule has 0 saturated carbocycles. The summed E-state index contributed by atoms with van der Waals surface area (Å²) in [7, 11) is 0. The highest BCUT2D eigenvalue weighted by Crippen LogP contribution is 2.25. The smallest absolute Gasteiger partial charge is 0.345 e. The van der Waals surface area contributed by atoms with Gasteiger partial charge in [0.25, 0.3) is 0 Å². The van der Waals surface area contributed by atoms with Gasteiger partial charge in [0.05, 0.1) is 18.4 Å². The van der Waals surface area contributed by atoms with Crippen LogP contribution >= 0.6 is 11.6 Å². The van der Waals surface area contributed by atoms with Crippen LogP contribution < -0.4 is 0 Å². The summed E-state index contributed by atoms with van der Waals surface area (Å²) in [4.78, 5) is 24.6. The maximum absolute atomic E-state index is 12.6. The van der Waals surface area contributed by atoms with Gasteiger partial charge in [-0.2, -0.15) is 5.01 Å². The molecule has 0 radical (unpaired) electrons. The Morgan fingerprint density at radius 3 is 2.32 bits per heavy atom. The number of urea groups is 1. The van der Waals surface area contributed by atoms with E-state index in [0.29, 0.717) is 11.4 Å². The Kier molecular flexibility index (Phi) is 8.97. The summed E-state index contributed by atoms with van der Waals surface area (Å²) in [6.07, 6.45) is -6.80. The van der Waals surface area contributed by atoms with Crippen molar-refractivity contribution in [2.75, 3.05) is 25.6 Å². The van der Waals surface area contributed by atoms with Gasteiger partial charge in [0.1, 0.15) is 24.4 Å². The fraction of sp³-hybridized carbons (Fsp3) is 0.929. The SMILES string of the molecule is CC(C)CCN(C(=O)N(CCCl)N=O)[C@@H]1O[C@H](CO)[C@H](O)[C@H](O)[C@H]1O. The van der Waals surface area contributed by atoms with Crippen molar-refractivity contribution in [3.8, 4) is 0 Å². The summed E-state index contributed by atoms with van der Waals surface area (Å²) >= 11 is 5.56. The van der Waals surface area contributed by atoms with Crippen LogP contribution in [0.25, 0.3) is 0 Å². The number of hydrogen-bond donors (Lipinski definition) is 4. The third-order valence-electron chi connectivity index (χ3n) is 3.98. The van der Waals surface area contributed by atoms with Crippen molar-refractivity contribution in [1.82, 2.24) is 9.91 Å². The number of carbonyl (C=O) groups is 1. The highest BCUT2D eigenvalue weighted by atomic mass is 35.5. The first-order chi connectivity index (χ1) is 11.8. The summed E-state index contributed by atoms with van der Waals surface area (Å²) < 4.78 is 5.41. The minimum Gasteiger partial charge on any atom is -0.394 e. The van der Waals surface area contributed by atoms with Gasteiger partial charge in [-0.05, 0) is 12.3 Å². The van der Waals surface area contributed by atoms with Gasteiger partial charge < -0.3 is 25.2 Å². The molecule has 1 fully saturated rings. The molecule has 25 heavy (non-hydrogen) atoms. The molecule has 146 valence electrons. The summed E-state index contributed by atoms with van der Waals surface area (Å²) in [6.45, 7) is 3.19. The van der Waals surface area contributed by atoms with Gasteiger partial charge in [0.15, 0.2) is 6.23 Å². The van der Waals surface area contributed by atoms with Crippen molar-refractivity contribution in [3.05, 3.63) is 4.91 Å². The lowest BCUT2D eigenvalue weighted by atomic mass is 9.97. The first-order valence-corrected chi connectivity index (χ1v) is 8.59. The first kappa shape index (κ1) is 22.0. The van der Waals surface area contributed by atoms with Crippen LogP contribution in [0.3, 0.4) is 0 Å². The zero-order chi connectivity index (χ0) is 19.1. The van der Waals surface area contributed by atoms with Crippen LogP contribution in [-0.2, 0) is 4.74 Å². The Hall–Kier alpha value is -1.04. The van der Waals surface area contributed by atoms with Crippen LogP contribution in [0.1, 0.15) is 20.3 Å². The highest BCUT2D eigenvalue weighted by Gasteiger charge is 2.47. The van der Waals surface area contributed by atoms with Crippen molar-refractivity contribution in [2.45, 2.75) is 50.9 Å². The number of alkyl halides is 1. The van der Waals surface area contributed by atoms with Crippen molar-refractivity contribution < 1.29 is 30.0 Å². The second-order valence-corrected chi connectivity index (χ2v) is 6.65. The van der Waals surface area contributed by atoms with Crippen LogP contribution in [0.5, 0.6) is 0 Å². The van der Waals surface area contributed by atoms with E-state index in [2.05, 4.69) is 5.29 Å². The Morgan fingerprint density at radius 1 is 1.20 bits per heavy atom. The molecule has 10 nitrogen and oxygen atoms in total. The van der Waals surface area contributed by atoms with Crippen LogP contribution in [-0.4, -0.2) is 92.6 Å². The monoisotopic (exact) mass is 383 g/mol. The van der Waals surface area contributed by atoms with Gasteiger partial charge in [-0.25, -0.2) is 4.79 Å². The molecule has 2 amide bonds. The topological polar surface area (TPSA) is 143 Å². The third kappa shape index (κ3) is 5.47. The maximum Gasteiger partial charge on any atom is 0.345 e. The molecular formula is C14H26ClN3O7. The van der Waals surface area contributed by atoms with Crippen molar-refractivity contribution in [2.24, 2.45) is 11.2 Å². The number of nitrogens with zero attached hydrogens (tertiary/aromatic N) is 3. The number of ether oxygens (including phenoxy) is 1. The first-order valence-electron chi connectivity index (χ1n) is 8.06. The molecule has 0 spiro atoms. The van der Waals surface area contributed by atoms with E-state index in [1.54, 1.807) is 0 Å². The van der Waals surface area contributed by atoms with E-state index in [4.69, 9.17) is 16.3 Å². The predicted octanol–water partition coefficient (Wildman–Crippen LogP) is -0.523.